The molecule has 0 bridgehead atoms. The van der Waals surface area contributed by atoms with Gasteiger partial charge in [-0.05, 0) is 30.2 Å². The summed E-state index contributed by atoms with van der Waals surface area (Å²) in [4.78, 5) is 52.4. The van der Waals surface area contributed by atoms with Crippen LogP contribution in [0.3, 0.4) is 0 Å². The Kier molecular flexibility index (Phi) is 12.1. The van der Waals surface area contributed by atoms with E-state index in [-0.39, 0.29) is 18.8 Å². The SMILES string of the molecule is CC(=O)O[C@@H]1[C@@H](OC(C)=O)[C@H](O[C@H]2[C@@H](N=[N+]=[N-])[C@@H](C)O[C@@H](OCc3ccccc3)[C@@H]2OC(=O)c2ccccc2)OC[C@H]1OC(C)=O. The first-order valence-electron chi connectivity index (χ1n) is 14.5. The van der Waals surface area contributed by atoms with Gasteiger partial charge in [0.15, 0.2) is 37.0 Å². The number of carbonyl (C=O) groups excluding carboxylic acids is 4. The van der Waals surface area contributed by atoms with Gasteiger partial charge in [-0.3, -0.25) is 14.4 Å². The number of azide groups is 1. The standard InChI is InChI=1S/C31H35N3O12/c1-17-24(33-34-32)26(46-31-27(44-20(4)37)25(43-19(3)36)23(16-40-31)42-18(2)35)28(45-29(38)22-13-9-6-10-14-22)30(41-17)39-15-21-11-7-5-8-12-21/h5-14,17,23-28,30-31H,15-16H2,1-4H3/t17-,23-,24+,25+,26+,27-,28-,30-,31+/m1/s1. The zero-order chi connectivity index (χ0) is 33.2. The van der Waals surface area contributed by atoms with Crippen LogP contribution >= 0.6 is 0 Å². The van der Waals surface area contributed by atoms with Crippen molar-refractivity contribution in [3.05, 3.63) is 82.2 Å². The minimum Gasteiger partial charge on any atom is -0.456 e. The van der Waals surface area contributed by atoms with Gasteiger partial charge in [-0.1, -0.05) is 53.6 Å². The second-order valence-corrected chi connectivity index (χ2v) is 10.5. The molecule has 9 atom stereocenters. The molecular formula is C31H35N3O12. The number of ether oxygens (including phenoxy) is 8. The van der Waals surface area contributed by atoms with E-state index in [0.29, 0.717) is 0 Å². The Morgan fingerprint density at radius 1 is 0.804 bits per heavy atom. The van der Waals surface area contributed by atoms with E-state index in [4.69, 9.17) is 37.9 Å². The van der Waals surface area contributed by atoms with Crippen molar-refractivity contribution in [1.82, 2.24) is 0 Å². The molecule has 46 heavy (non-hydrogen) atoms. The molecule has 0 aromatic heterocycles. The number of carbonyl (C=O) groups is 4. The van der Waals surface area contributed by atoms with Crippen LogP contribution in [0.2, 0.25) is 0 Å². The molecule has 2 fully saturated rings. The molecule has 0 aliphatic carbocycles. The van der Waals surface area contributed by atoms with Crippen LogP contribution in [0.1, 0.15) is 43.6 Å². The van der Waals surface area contributed by atoms with Crippen LogP contribution in [0.4, 0.5) is 0 Å². The van der Waals surface area contributed by atoms with Gasteiger partial charge in [0, 0.05) is 25.7 Å². The predicted octanol–water partition coefficient (Wildman–Crippen LogP) is 3.39. The highest BCUT2D eigenvalue weighted by Gasteiger charge is 2.53. The zero-order valence-corrected chi connectivity index (χ0v) is 25.6. The molecule has 2 aliphatic heterocycles. The summed E-state index contributed by atoms with van der Waals surface area (Å²) in [5.41, 5.74) is 10.5. The molecule has 0 spiro atoms. The minimum absolute atomic E-state index is 0.0606. The highest BCUT2D eigenvalue weighted by Crippen LogP contribution is 2.34. The Bertz CT molecular complexity index is 1400. The van der Waals surface area contributed by atoms with Gasteiger partial charge in [0.1, 0.15) is 6.10 Å². The molecule has 0 N–H and O–H groups in total. The molecule has 15 nitrogen and oxygen atoms in total. The molecule has 2 aromatic carbocycles. The highest BCUT2D eigenvalue weighted by molar-refractivity contribution is 5.89. The molecule has 246 valence electrons. The fraction of sp³-hybridized carbons (Fsp3) is 0.484. The van der Waals surface area contributed by atoms with E-state index in [1.54, 1.807) is 37.3 Å². The lowest BCUT2D eigenvalue weighted by Gasteiger charge is -2.46. The third-order valence-corrected chi connectivity index (χ3v) is 7.05. The fourth-order valence-corrected chi connectivity index (χ4v) is 5.12. The largest absolute Gasteiger partial charge is 0.456 e. The Hall–Kier alpha value is -4.53. The van der Waals surface area contributed by atoms with Gasteiger partial charge in [-0.2, -0.15) is 0 Å². The van der Waals surface area contributed by atoms with Crippen molar-refractivity contribution < 1.29 is 57.1 Å². The van der Waals surface area contributed by atoms with Crippen LogP contribution in [0.15, 0.2) is 65.8 Å². The molecule has 4 rings (SSSR count). The molecule has 0 amide bonds. The Labute approximate surface area is 264 Å². The Morgan fingerprint density at radius 3 is 2.00 bits per heavy atom. The van der Waals surface area contributed by atoms with Crippen molar-refractivity contribution in [2.75, 3.05) is 6.61 Å². The minimum atomic E-state index is -1.49. The van der Waals surface area contributed by atoms with E-state index in [9.17, 15) is 24.7 Å². The summed E-state index contributed by atoms with van der Waals surface area (Å²) < 4.78 is 46.5. The van der Waals surface area contributed by atoms with Gasteiger partial charge in [-0.25, -0.2) is 4.79 Å². The summed E-state index contributed by atoms with van der Waals surface area (Å²) in [5, 5.41) is 3.87. The summed E-state index contributed by atoms with van der Waals surface area (Å²) >= 11 is 0. The number of rotatable bonds is 11. The van der Waals surface area contributed by atoms with Gasteiger partial charge in [0.25, 0.3) is 0 Å². The molecule has 0 saturated carbocycles. The van der Waals surface area contributed by atoms with Crippen LogP contribution in [0, 0.1) is 0 Å². The maximum atomic E-state index is 13.3. The second kappa shape index (κ2) is 16.2. The number of esters is 4. The number of nitrogens with zero attached hydrogens (tertiary/aromatic N) is 3. The summed E-state index contributed by atoms with van der Waals surface area (Å²) in [7, 11) is 0. The van der Waals surface area contributed by atoms with Crippen LogP contribution in [-0.2, 0) is 58.9 Å². The molecule has 15 heteroatoms. The van der Waals surface area contributed by atoms with Crippen LogP contribution in [0.25, 0.3) is 10.4 Å². The number of hydrogen-bond donors (Lipinski definition) is 0. The fourth-order valence-electron chi connectivity index (χ4n) is 5.12. The molecule has 0 radical (unpaired) electrons. The van der Waals surface area contributed by atoms with E-state index in [1.165, 1.54) is 0 Å². The van der Waals surface area contributed by atoms with Gasteiger partial charge in [0.2, 0.25) is 0 Å². The van der Waals surface area contributed by atoms with E-state index in [1.807, 2.05) is 30.3 Å². The first kappa shape index (κ1) is 34.3. The summed E-state index contributed by atoms with van der Waals surface area (Å²) in [5.74, 6) is -2.99. The molecule has 2 saturated heterocycles. The van der Waals surface area contributed by atoms with Crippen LogP contribution in [0.5, 0.6) is 0 Å². The van der Waals surface area contributed by atoms with E-state index >= 15 is 0 Å². The Balaban J connectivity index is 1.71. The number of hydrogen-bond acceptors (Lipinski definition) is 13. The zero-order valence-electron chi connectivity index (χ0n) is 25.6. The van der Waals surface area contributed by atoms with Gasteiger partial charge in [-0.15, -0.1) is 0 Å². The molecular weight excluding hydrogens is 606 g/mol. The second-order valence-electron chi connectivity index (χ2n) is 10.5. The van der Waals surface area contributed by atoms with E-state index in [0.717, 1.165) is 26.3 Å². The van der Waals surface area contributed by atoms with Gasteiger partial charge < -0.3 is 37.9 Å². The molecule has 2 aliphatic rings. The van der Waals surface area contributed by atoms with Crippen molar-refractivity contribution in [3.8, 4) is 0 Å². The topological polar surface area (TPSA) is 191 Å². The van der Waals surface area contributed by atoms with Crippen molar-refractivity contribution >= 4 is 23.9 Å². The third-order valence-electron chi connectivity index (χ3n) is 7.05. The molecule has 2 heterocycles. The van der Waals surface area contributed by atoms with Crippen LogP contribution < -0.4 is 0 Å². The maximum Gasteiger partial charge on any atom is 0.338 e. The summed E-state index contributed by atoms with van der Waals surface area (Å²) in [6, 6.07) is 16.2. The quantitative estimate of drug-likeness (QED) is 0.114. The number of benzene rings is 2. The Morgan fingerprint density at radius 2 is 1.39 bits per heavy atom. The van der Waals surface area contributed by atoms with Crippen molar-refractivity contribution in [2.45, 2.75) is 89.5 Å². The summed E-state index contributed by atoms with van der Waals surface area (Å²) in [6.07, 6.45) is -10.2. The van der Waals surface area contributed by atoms with Crippen molar-refractivity contribution in [3.63, 3.8) is 0 Å². The van der Waals surface area contributed by atoms with E-state index in [2.05, 4.69) is 10.0 Å². The van der Waals surface area contributed by atoms with E-state index < -0.39 is 79.1 Å². The first-order chi connectivity index (χ1) is 22.1. The average molecular weight is 642 g/mol. The monoisotopic (exact) mass is 641 g/mol. The average Bonchev–Trinajstić information content (AvgIpc) is 3.02. The lowest BCUT2D eigenvalue weighted by molar-refractivity contribution is -0.331. The lowest BCUT2D eigenvalue weighted by atomic mass is 9.96. The third kappa shape index (κ3) is 9.02. The molecule has 0 unspecified atom stereocenters. The van der Waals surface area contributed by atoms with Gasteiger partial charge in [0.05, 0.1) is 30.9 Å². The smallest absolute Gasteiger partial charge is 0.338 e. The first-order valence-corrected chi connectivity index (χ1v) is 14.5. The van der Waals surface area contributed by atoms with Crippen LogP contribution in [-0.4, -0.2) is 85.7 Å². The van der Waals surface area contributed by atoms with Gasteiger partial charge >= 0.3 is 23.9 Å². The predicted molar refractivity (Wildman–Crippen MR) is 155 cm³/mol. The summed E-state index contributed by atoms with van der Waals surface area (Å²) in [6.45, 7) is 4.76. The normalized spacial score (nSPS) is 29.0. The highest BCUT2D eigenvalue weighted by atomic mass is 16.8. The van der Waals surface area contributed by atoms with Crippen molar-refractivity contribution in [1.29, 1.82) is 0 Å². The maximum absolute atomic E-state index is 13.3. The molecule has 2 aromatic rings. The van der Waals surface area contributed by atoms with Crippen molar-refractivity contribution in [2.24, 2.45) is 5.11 Å². The lowest BCUT2D eigenvalue weighted by Crippen LogP contribution is -2.63.